The van der Waals surface area contributed by atoms with Gasteiger partial charge in [0.2, 0.25) is 11.8 Å². The summed E-state index contributed by atoms with van der Waals surface area (Å²) in [6.07, 6.45) is 4.27. The molecule has 218 valence electrons. The molecule has 0 aromatic heterocycles. The van der Waals surface area contributed by atoms with Crippen molar-refractivity contribution in [2.45, 2.75) is 76.4 Å². The largest absolute Gasteiger partial charge is 0.352 e. The first-order valence-corrected chi connectivity index (χ1v) is 15.5. The summed E-state index contributed by atoms with van der Waals surface area (Å²) in [5.74, 6) is -1.29. The first-order chi connectivity index (χ1) is 19.6. The second kappa shape index (κ2) is 13.3. The molecule has 4 rings (SSSR count). The SMILES string of the molecule is CCC(C(=O)NC1CCCC1)N(Cc1ccccc1C)C(=O)CN(c1ccc(F)cc1)S(=O)(=O)c1ccc(C)cc1. The van der Waals surface area contributed by atoms with Crippen molar-refractivity contribution in [2.24, 2.45) is 0 Å². The average Bonchev–Trinajstić information content (AvgIpc) is 3.46. The van der Waals surface area contributed by atoms with Gasteiger partial charge in [-0.15, -0.1) is 0 Å². The van der Waals surface area contributed by atoms with E-state index in [2.05, 4.69) is 5.32 Å². The fraction of sp³-hybridized carbons (Fsp3) is 0.375. The fourth-order valence-corrected chi connectivity index (χ4v) is 6.65. The minimum atomic E-state index is -4.20. The molecule has 1 atom stereocenters. The Morgan fingerprint density at radius 3 is 2.20 bits per heavy atom. The lowest BCUT2D eigenvalue weighted by Gasteiger charge is -2.34. The van der Waals surface area contributed by atoms with Gasteiger partial charge in [0.1, 0.15) is 18.4 Å². The van der Waals surface area contributed by atoms with Crippen LogP contribution >= 0.6 is 0 Å². The van der Waals surface area contributed by atoms with Crippen LogP contribution in [-0.4, -0.2) is 43.8 Å². The van der Waals surface area contributed by atoms with Crippen LogP contribution < -0.4 is 9.62 Å². The first-order valence-electron chi connectivity index (χ1n) is 14.1. The van der Waals surface area contributed by atoms with Gasteiger partial charge in [0.15, 0.2) is 0 Å². The summed E-state index contributed by atoms with van der Waals surface area (Å²) < 4.78 is 42.6. The normalized spacial score (nSPS) is 14.4. The van der Waals surface area contributed by atoms with Crippen molar-refractivity contribution in [3.8, 4) is 0 Å². The Morgan fingerprint density at radius 2 is 1.59 bits per heavy atom. The predicted molar refractivity (Wildman–Crippen MR) is 158 cm³/mol. The van der Waals surface area contributed by atoms with Crippen molar-refractivity contribution in [2.75, 3.05) is 10.8 Å². The number of sulfonamides is 1. The molecule has 1 aliphatic rings. The predicted octanol–water partition coefficient (Wildman–Crippen LogP) is 5.50. The second-order valence-corrected chi connectivity index (χ2v) is 12.5. The Labute approximate surface area is 242 Å². The van der Waals surface area contributed by atoms with Gasteiger partial charge in [-0.05, 0) is 80.6 Å². The van der Waals surface area contributed by atoms with Crippen LogP contribution in [0, 0.1) is 19.7 Å². The maximum atomic E-state index is 14.1. The number of rotatable bonds is 11. The number of carbonyl (C=O) groups excluding carboxylic acids is 2. The second-order valence-electron chi connectivity index (χ2n) is 10.7. The van der Waals surface area contributed by atoms with E-state index in [9.17, 15) is 22.4 Å². The van der Waals surface area contributed by atoms with Crippen molar-refractivity contribution in [1.82, 2.24) is 10.2 Å². The van der Waals surface area contributed by atoms with E-state index < -0.39 is 34.3 Å². The molecule has 41 heavy (non-hydrogen) atoms. The molecule has 1 unspecified atom stereocenters. The third-order valence-electron chi connectivity index (χ3n) is 7.69. The summed E-state index contributed by atoms with van der Waals surface area (Å²) >= 11 is 0. The highest BCUT2D eigenvalue weighted by Crippen LogP contribution is 2.26. The fourth-order valence-electron chi connectivity index (χ4n) is 5.23. The molecule has 0 aliphatic heterocycles. The van der Waals surface area contributed by atoms with Crippen molar-refractivity contribution >= 4 is 27.5 Å². The van der Waals surface area contributed by atoms with Crippen molar-refractivity contribution < 1.29 is 22.4 Å². The van der Waals surface area contributed by atoms with E-state index in [0.717, 1.165) is 58.8 Å². The first kappa shape index (κ1) is 30.2. The number of benzene rings is 3. The molecule has 0 saturated heterocycles. The number of amides is 2. The topological polar surface area (TPSA) is 86.8 Å². The monoisotopic (exact) mass is 579 g/mol. The Morgan fingerprint density at radius 1 is 0.951 bits per heavy atom. The minimum Gasteiger partial charge on any atom is -0.352 e. The molecule has 1 saturated carbocycles. The molecular weight excluding hydrogens is 541 g/mol. The smallest absolute Gasteiger partial charge is 0.264 e. The van der Waals surface area contributed by atoms with E-state index >= 15 is 0 Å². The van der Waals surface area contributed by atoms with E-state index in [4.69, 9.17) is 0 Å². The molecule has 1 fully saturated rings. The number of nitrogens with zero attached hydrogens (tertiary/aromatic N) is 2. The molecule has 1 N–H and O–H groups in total. The average molecular weight is 580 g/mol. The van der Waals surface area contributed by atoms with Crippen LogP contribution in [0.15, 0.2) is 77.7 Å². The molecule has 0 heterocycles. The molecule has 1 aliphatic carbocycles. The van der Waals surface area contributed by atoms with Crippen molar-refractivity contribution in [3.05, 3.63) is 95.3 Å². The summed E-state index contributed by atoms with van der Waals surface area (Å²) in [5.41, 5.74) is 2.86. The summed E-state index contributed by atoms with van der Waals surface area (Å²) in [6.45, 7) is 5.22. The molecule has 7 nitrogen and oxygen atoms in total. The number of aryl methyl sites for hydroxylation is 2. The highest BCUT2D eigenvalue weighted by Gasteiger charge is 2.34. The molecular formula is C32H38FN3O4S. The summed E-state index contributed by atoms with van der Waals surface area (Å²) in [7, 11) is -4.20. The summed E-state index contributed by atoms with van der Waals surface area (Å²) in [5, 5.41) is 3.11. The summed E-state index contributed by atoms with van der Waals surface area (Å²) in [4.78, 5) is 29.2. The van der Waals surface area contributed by atoms with Crippen LogP contribution in [0.25, 0.3) is 0 Å². The van der Waals surface area contributed by atoms with Crippen molar-refractivity contribution in [1.29, 1.82) is 0 Å². The third-order valence-corrected chi connectivity index (χ3v) is 9.48. The highest BCUT2D eigenvalue weighted by atomic mass is 32.2. The number of nitrogens with one attached hydrogen (secondary N) is 1. The lowest BCUT2D eigenvalue weighted by molar-refractivity contribution is -0.140. The molecule has 3 aromatic rings. The van der Waals surface area contributed by atoms with Gasteiger partial charge >= 0.3 is 0 Å². The van der Waals surface area contributed by atoms with Gasteiger partial charge in [-0.3, -0.25) is 13.9 Å². The van der Waals surface area contributed by atoms with Gasteiger partial charge in [0, 0.05) is 12.6 Å². The standard InChI is InChI=1S/C32H38FN3O4S/c1-4-30(32(38)34-27-11-7-8-12-27)35(21-25-10-6-5-9-24(25)3)31(37)22-36(28-17-15-26(33)16-18-28)41(39,40)29-19-13-23(2)14-20-29/h5-6,9-10,13-20,27,30H,4,7-8,11-12,21-22H2,1-3H3,(H,34,38). The maximum absolute atomic E-state index is 14.1. The zero-order valence-electron chi connectivity index (χ0n) is 23.8. The van der Waals surface area contributed by atoms with E-state index in [1.165, 1.54) is 29.2 Å². The molecule has 3 aromatic carbocycles. The Bertz CT molecular complexity index is 1450. The molecule has 0 spiro atoms. The van der Waals surface area contributed by atoms with Crippen LogP contribution in [0.2, 0.25) is 0 Å². The molecule has 9 heteroatoms. The maximum Gasteiger partial charge on any atom is 0.264 e. The number of halogens is 1. The van der Waals surface area contributed by atoms with Crippen LogP contribution in [0.5, 0.6) is 0 Å². The van der Waals surface area contributed by atoms with Gasteiger partial charge in [-0.25, -0.2) is 12.8 Å². The summed E-state index contributed by atoms with van der Waals surface area (Å²) in [6, 6.07) is 18.2. The van der Waals surface area contributed by atoms with Crippen LogP contribution in [0.4, 0.5) is 10.1 Å². The van der Waals surface area contributed by atoms with Gasteiger partial charge in [0.05, 0.1) is 10.6 Å². The molecule has 2 amide bonds. The molecule has 0 bridgehead atoms. The quantitative estimate of drug-likeness (QED) is 0.325. The van der Waals surface area contributed by atoms with E-state index in [1.807, 2.05) is 45.0 Å². The zero-order chi connectivity index (χ0) is 29.6. The highest BCUT2D eigenvalue weighted by molar-refractivity contribution is 7.92. The van der Waals surface area contributed by atoms with Gasteiger partial charge in [0.25, 0.3) is 10.0 Å². The third kappa shape index (κ3) is 7.33. The van der Waals surface area contributed by atoms with E-state index in [1.54, 1.807) is 12.1 Å². The number of anilines is 1. The number of carbonyl (C=O) groups is 2. The van der Waals surface area contributed by atoms with Crippen LogP contribution in [0.1, 0.15) is 55.7 Å². The minimum absolute atomic E-state index is 0.0108. The zero-order valence-corrected chi connectivity index (χ0v) is 24.7. The van der Waals surface area contributed by atoms with Crippen LogP contribution in [0.3, 0.4) is 0 Å². The lowest BCUT2D eigenvalue weighted by Crippen LogP contribution is -2.53. The van der Waals surface area contributed by atoms with Gasteiger partial charge < -0.3 is 10.2 Å². The van der Waals surface area contributed by atoms with Gasteiger partial charge in [-0.1, -0.05) is 61.7 Å². The Kier molecular flexibility index (Phi) is 9.81. The van der Waals surface area contributed by atoms with Crippen LogP contribution in [-0.2, 0) is 26.2 Å². The molecule has 0 radical (unpaired) electrons. The van der Waals surface area contributed by atoms with E-state index in [0.29, 0.717) is 6.42 Å². The van der Waals surface area contributed by atoms with Crippen molar-refractivity contribution in [3.63, 3.8) is 0 Å². The Balaban J connectivity index is 1.72. The van der Waals surface area contributed by atoms with Gasteiger partial charge in [-0.2, -0.15) is 0 Å². The lowest BCUT2D eigenvalue weighted by atomic mass is 10.1. The van der Waals surface area contributed by atoms with E-state index in [-0.39, 0.29) is 29.1 Å². The Hall–Kier alpha value is -3.72. The number of hydrogen-bond acceptors (Lipinski definition) is 4. The number of hydrogen-bond donors (Lipinski definition) is 1.